The molecule has 0 saturated carbocycles. The van der Waals surface area contributed by atoms with Crippen LogP contribution < -0.4 is 11.1 Å². The summed E-state index contributed by atoms with van der Waals surface area (Å²) in [4.78, 5) is 20.6. The number of nitrogens with one attached hydrogen (secondary N) is 1. The Morgan fingerprint density at radius 3 is 2.57 bits per heavy atom. The first-order chi connectivity index (χ1) is 14.0. The highest BCUT2D eigenvalue weighted by Crippen LogP contribution is 2.35. The van der Waals surface area contributed by atoms with Gasteiger partial charge in [-0.15, -0.1) is 11.3 Å². The summed E-state index contributed by atoms with van der Waals surface area (Å²) in [5.41, 5.74) is 6.70. The van der Waals surface area contributed by atoms with E-state index in [1.165, 1.54) is 5.38 Å². The van der Waals surface area contributed by atoms with Crippen molar-refractivity contribution in [3.8, 4) is 11.4 Å². The highest BCUT2D eigenvalue weighted by molar-refractivity contribution is 7.09. The van der Waals surface area contributed by atoms with Crippen molar-refractivity contribution in [2.24, 2.45) is 0 Å². The molecule has 0 saturated heterocycles. The lowest BCUT2D eigenvalue weighted by atomic mass is 10.0. The molecule has 0 atom stereocenters. The number of rotatable bonds is 4. The summed E-state index contributed by atoms with van der Waals surface area (Å²) in [6, 6.07) is 3.70. The van der Waals surface area contributed by atoms with E-state index in [4.69, 9.17) is 5.73 Å². The molecule has 0 spiro atoms. The fourth-order valence-corrected chi connectivity index (χ4v) is 3.72. The minimum absolute atomic E-state index is 0.0185. The molecule has 0 aromatic carbocycles. The van der Waals surface area contributed by atoms with Crippen LogP contribution in [-0.4, -0.2) is 29.3 Å². The third-order valence-electron chi connectivity index (χ3n) is 4.43. The van der Waals surface area contributed by atoms with E-state index in [1.807, 2.05) is 29.7 Å². The largest absolute Gasteiger partial charge is 0.443 e. The number of pyridine rings is 1. The Labute approximate surface area is 173 Å². The number of aromatic nitrogens is 6. The third-order valence-corrected chi connectivity index (χ3v) is 5.32. The van der Waals surface area contributed by atoms with E-state index < -0.39 is 16.7 Å². The number of halogens is 3. The van der Waals surface area contributed by atoms with Crippen LogP contribution in [0.4, 0.5) is 25.1 Å². The van der Waals surface area contributed by atoms with Gasteiger partial charge in [0.1, 0.15) is 5.82 Å². The molecule has 0 bridgehead atoms. The number of hydrogen-bond donors (Lipinski definition) is 2. The molecule has 0 unspecified atom stereocenters. The Hall–Kier alpha value is -3.28. The number of hydrogen-bond acceptors (Lipinski definition) is 8. The summed E-state index contributed by atoms with van der Waals surface area (Å²) in [5.74, 6) is 1.24. The lowest BCUT2D eigenvalue weighted by Gasteiger charge is -2.24. The smallest absolute Gasteiger partial charge is 0.368 e. The molecule has 0 fully saturated rings. The SMILES string of the molecule is Cc1ncc2ccc(-c3nc(N)nc(NC(C)(C)c4csc(C(F)(F)F)n4)n3)cn12. The van der Waals surface area contributed by atoms with Gasteiger partial charge in [-0.1, -0.05) is 0 Å². The van der Waals surface area contributed by atoms with Crippen LogP contribution in [0.5, 0.6) is 0 Å². The second-order valence-electron chi connectivity index (χ2n) is 7.14. The van der Waals surface area contributed by atoms with Gasteiger partial charge in [0.2, 0.25) is 11.9 Å². The first-order valence-electron chi connectivity index (χ1n) is 8.80. The quantitative estimate of drug-likeness (QED) is 0.502. The first-order valence-corrected chi connectivity index (χ1v) is 9.68. The van der Waals surface area contributed by atoms with E-state index in [9.17, 15) is 13.2 Å². The predicted octanol–water partition coefficient (Wildman–Crippen LogP) is 3.90. The van der Waals surface area contributed by atoms with Gasteiger partial charge < -0.3 is 15.5 Å². The predicted molar refractivity (Wildman–Crippen MR) is 107 cm³/mol. The minimum Gasteiger partial charge on any atom is -0.368 e. The van der Waals surface area contributed by atoms with E-state index in [1.54, 1.807) is 20.0 Å². The van der Waals surface area contributed by atoms with Gasteiger partial charge in [0.05, 0.1) is 22.9 Å². The number of thiazole rings is 1. The van der Waals surface area contributed by atoms with Crippen LogP contribution in [0.25, 0.3) is 16.9 Å². The molecule has 4 aromatic rings. The fourth-order valence-electron chi connectivity index (χ4n) is 2.86. The second-order valence-corrected chi connectivity index (χ2v) is 8.00. The van der Waals surface area contributed by atoms with Crippen LogP contribution in [0.1, 0.15) is 30.4 Å². The van der Waals surface area contributed by atoms with Crippen LogP contribution >= 0.6 is 11.3 Å². The van der Waals surface area contributed by atoms with Crippen LogP contribution in [0, 0.1) is 6.92 Å². The van der Waals surface area contributed by atoms with E-state index in [0.717, 1.165) is 11.3 Å². The van der Waals surface area contributed by atoms with Gasteiger partial charge in [-0.3, -0.25) is 0 Å². The zero-order valence-corrected chi connectivity index (χ0v) is 17.0. The molecule has 12 heteroatoms. The van der Waals surface area contributed by atoms with E-state index >= 15 is 0 Å². The van der Waals surface area contributed by atoms with Crippen molar-refractivity contribution in [1.82, 2.24) is 29.3 Å². The molecule has 0 aliphatic rings. The minimum atomic E-state index is -4.49. The van der Waals surface area contributed by atoms with E-state index in [0.29, 0.717) is 22.7 Å². The van der Waals surface area contributed by atoms with Crippen molar-refractivity contribution in [3.05, 3.63) is 46.4 Å². The van der Waals surface area contributed by atoms with Crippen molar-refractivity contribution >= 4 is 28.8 Å². The molecule has 4 aromatic heterocycles. The molecule has 0 aliphatic heterocycles. The maximum atomic E-state index is 12.9. The normalized spacial score (nSPS) is 12.5. The molecular formula is C18H17F3N8S. The highest BCUT2D eigenvalue weighted by atomic mass is 32.1. The number of nitrogen functional groups attached to an aromatic ring is 1. The molecule has 4 heterocycles. The maximum Gasteiger partial charge on any atom is 0.443 e. The summed E-state index contributed by atoms with van der Waals surface area (Å²) in [6.07, 6.45) is -0.912. The van der Waals surface area contributed by atoms with Crippen molar-refractivity contribution in [3.63, 3.8) is 0 Å². The Morgan fingerprint density at radius 2 is 1.87 bits per heavy atom. The number of aryl methyl sites for hydroxylation is 1. The molecule has 0 aliphatic carbocycles. The Morgan fingerprint density at radius 1 is 1.10 bits per heavy atom. The van der Waals surface area contributed by atoms with Gasteiger partial charge in [0.15, 0.2) is 10.8 Å². The fraction of sp³-hybridized carbons (Fsp3) is 0.278. The van der Waals surface area contributed by atoms with Gasteiger partial charge in [-0.05, 0) is 32.9 Å². The number of anilines is 2. The van der Waals surface area contributed by atoms with Gasteiger partial charge in [0, 0.05) is 17.1 Å². The van der Waals surface area contributed by atoms with Gasteiger partial charge in [-0.2, -0.15) is 28.1 Å². The topological polar surface area (TPSA) is 107 Å². The zero-order chi connectivity index (χ0) is 21.7. The number of fused-ring (bicyclic) bond motifs is 1. The summed E-state index contributed by atoms with van der Waals surface area (Å²) >= 11 is 0.538. The summed E-state index contributed by atoms with van der Waals surface area (Å²) in [5, 5.41) is 3.46. The second kappa shape index (κ2) is 6.90. The van der Waals surface area contributed by atoms with Crippen molar-refractivity contribution in [2.75, 3.05) is 11.1 Å². The van der Waals surface area contributed by atoms with E-state index in [2.05, 4.69) is 30.2 Å². The average Bonchev–Trinajstić information content (AvgIpc) is 3.28. The number of nitrogens with two attached hydrogens (primary N) is 1. The third kappa shape index (κ3) is 3.77. The van der Waals surface area contributed by atoms with Gasteiger partial charge in [-0.25, -0.2) is 9.97 Å². The molecular weight excluding hydrogens is 417 g/mol. The van der Waals surface area contributed by atoms with E-state index in [-0.39, 0.29) is 17.6 Å². The zero-order valence-electron chi connectivity index (χ0n) is 16.2. The number of imidazole rings is 1. The Bertz CT molecular complexity index is 1230. The molecule has 156 valence electrons. The van der Waals surface area contributed by atoms with Gasteiger partial charge >= 0.3 is 6.18 Å². The lowest BCUT2D eigenvalue weighted by Crippen LogP contribution is -2.30. The standard InChI is InChI=1S/C18H17F3N8S/c1-9-23-6-11-5-4-10(7-29(9)11)13-25-15(22)27-16(26-13)28-17(2,3)12-8-30-14(24-12)18(19,20)21/h4-8H,1-3H3,(H3,22,25,26,27,28). The summed E-state index contributed by atoms with van der Waals surface area (Å²) in [6.45, 7) is 5.24. The molecule has 4 rings (SSSR count). The van der Waals surface area contributed by atoms with Crippen LogP contribution in [0.15, 0.2) is 29.9 Å². The molecule has 8 nitrogen and oxygen atoms in total. The number of alkyl halides is 3. The molecule has 0 amide bonds. The lowest BCUT2D eigenvalue weighted by molar-refractivity contribution is -0.137. The monoisotopic (exact) mass is 434 g/mol. The van der Waals surface area contributed by atoms with Crippen molar-refractivity contribution in [1.29, 1.82) is 0 Å². The summed E-state index contributed by atoms with van der Waals surface area (Å²) < 4.78 is 40.6. The summed E-state index contributed by atoms with van der Waals surface area (Å²) in [7, 11) is 0. The van der Waals surface area contributed by atoms with Crippen LogP contribution in [-0.2, 0) is 11.7 Å². The van der Waals surface area contributed by atoms with Crippen LogP contribution in [0.3, 0.4) is 0 Å². The molecule has 3 N–H and O–H groups in total. The number of nitrogens with zero attached hydrogens (tertiary/aromatic N) is 6. The molecule has 0 radical (unpaired) electrons. The Kier molecular flexibility index (Phi) is 4.60. The maximum absolute atomic E-state index is 12.9. The Balaban J connectivity index is 1.67. The van der Waals surface area contributed by atoms with Gasteiger partial charge in [0.25, 0.3) is 0 Å². The van der Waals surface area contributed by atoms with Crippen molar-refractivity contribution < 1.29 is 13.2 Å². The highest BCUT2D eigenvalue weighted by Gasteiger charge is 2.36. The average molecular weight is 434 g/mol. The van der Waals surface area contributed by atoms with Crippen molar-refractivity contribution in [2.45, 2.75) is 32.5 Å². The first kappa shape index (κ1) is 20.0. The molecule has 30 heavy (non-hydrogen) atoms. The van der Waals surface area contributed by atoms with Crippen LogP contribution in [0.2, 0.25) is 0 Å².